The molecular weight excluding hydrogens is 359 g/mol. The predicted molar refractivity (Wildman–Crippen MR) is 101 cm³/mol. The van der Waals surface area contributed by atoms with E-state index in [0.29, 0.717) is 16.6 Å². The number of carboxylic acid groups (broad SMARTS) is 1. The molecule has 0 amide bonds. The first-order valence-corrected chi connectivity index (χ1v) is 9.53. The summed E-state index contributed by atoms with van der Waals surface area (Å²) in [7, 11) is 0. The molecule has 3 N–H and O–H groups in total. The molecule has 0 saturated carbocycles. The smallest absolute Gasteiger partial charge is 0.307 e. The molecule has 2 aliphatic rings. The van der Waals surface area contributed by atoms with Crippen LogP contribution >= 0.6 is 23.2 Å². The lowest BCUT2D eigenvalue weighted by Crippen LogP contribution is -2.41. The summed E-state index contributed by atoms with van der Waals surface area (Å²) in [6.45, 7) is 2.41. The van der Waals surface area contributed by atoms with Gasteiger partial charge in [0, 0.05) is 35.1 Å². The van der Waals surface area contributed by atoms with Crippen LogP contribution in [0.15, 0.2) is 29.8 Å². The number of nitrogens with two attached hydrogens (primary N) is 1. The predicted octanol–water partition coefficient (Wildman–Crippen LogP) is 3.92. The van der Waals surface area contributed by atoms with Crippen molar-refractivity contribution in [2.24, 2.45) is 11.7 Å². The molecule has 1 fully saturated rings. The van der Waals surface area contributed by atoms with E-state index in [9.17, 15) is 9.90 Å². The lowest BCUT2D eigenvalue weighted by molar-refractivity contribution is -0.143. The van der Waals surface area contributed by atoms with E-state index >= 15 is 0 Å². The van der Waals surface area contributed by atoms with E-state index in [-0.39, 0.29) is 17.9 Å². The number of halogens is 2. The van der Waals surface area contributed by atoms with Crippen LogP contribution in [-0.4, -0.2) is 41.7 Å². The van der Waals surface area contributed by atoms with Gasteiger partial charge in [-0.1, -0.05) is 40.9 Å². The molecular formula is C19H24Cl2N2O2. The Labute approximate surface area is 158 Å². The van der Waals surface area contributed by atoms with Gasteiger partial charge in [0.25, 0.3) is 0 Å². The topological polar surface area (TPSA) is 66.6 Å². The van der Waals surface area contributed by atoms with Gasteiger partial charge in [-0.15, -0.1) is 0 Å². The second kappa shape index (κ2) is 8.09. The molecule has 1 saturated heterocycles. The third-order valence-corrected chi connectivity index (χ3v) is 5.88. The Kier molecular flexibility index (Phi) is 6.05. The quantitative estimate of drug-likeness (QED) is 0.774. The van der Waals surface area contributed by atoms with E-state index in [1.165, 1.54) is 5.57 Å². The van der Waals surface area contributed by atoms with Crippen LogP contribution in [-0.2, 0) is 4.79 Å². The Morgan fingerprint density at radius 3 is 2.84 bits per heavy atom. The van der Waals surface area contributed by atoms with Gasteiger partial charge in [-0.2, -0.15) is 0 Å². The molecule has 1 aromatic carbocycles. The zero-order valence-electron chi connectivity index (χ0n) is 14.1. The molecule has 3 rings (SSSR count). The molecule has 0 bridgehead atoms. The van der Waals surface area contributed by atoms with Crippen molar-refractivity contribution in [2.45, 2.75) is 37.6 Å². The zero-order chi connectivity index (χ0) is 18.0. The van der Waals surface area contributed by atoms with Crippen LogP contribution in [0.1, 0.15) is 37.2 Å². The molecule has 1 heterocycles. The number of hydrogen-bond donors (Lipinski definition) is 2. The van der Waals surface area contributed by atoms with Crippen molar-refractivity contribution < 1.29 is 9.90 Å². The largest absolute Gasteiger partial charge is 0.481 e. The molecule has 25 heavy (non-hydrogen) atoms. The highest BCUT2D eigenvalue weighted by Crippen LogP contribution is 2.36. The molecule has 1 aliphatic carbocycles. The summed E-state index contributed by atoms with van der Waals surface area (Å²) in [5.74, 6) is -0.731. The number of allylic oxidation sites excluding steroid dienone is 1. The summed E-state index contributed by atoms with van der Waals surface area (Å²) < 4.78 is 0. The maximum absolute atomic E-state index is 11.2. The van der Waals surface area contributed by atoms with Gasteiger partial charge in [0.2, 0.25) is 0 Å². The molecule has 0 radical (unpaired) electrons. The minimum Gasteiger partial charge on any atom is -0.481 e. The van der Waals surface area contributed by atoms with E-state index < -0.39 is 5.97 Å². The van der Waals surface area contributed by atoms with E-state index in [4.69, 9.17) is 28.9 Å². The minimum absolute atomic E-state index is 0.0127. The summed E-state index contributed by atoms with van der Waals surface area (Å²) in [6, 6.07) is 5.60. The zero-order valence-corrected chi connectivity index (χ0v) is 15.6. The molecule has 1 aromatic rings. The second-order valence-corrected chi connectivity index (χ2v) is 7.99. The number of carboxylic acids is 1. The Morgan fingerprint density at radius 2 is 2.16 bits per heavy atom. The summed E-state index contributed by atoms with van der Waals surface area (Å²) in [5.41, 5.74) is 8.80. The van der Waals surface area contributed by atoms with Crippen molar-refractivity contribution in [3.05, 3.63) is 45.5 Å². The first kappa shape index (κ1) is 18.7. The van der Waals surface area contributed by atoms with Gasteiger partial charge < -0.3 is 10.8 Å². The molecule has 4 nitrogen and oxygen atoms in total. The fraction of sp³-hybridized carbons (Fsp3) is 0.526. The minimum atomic E-state index is -0.684. The van der Waals surface area contributed by atoms with Crippen LogP contribution in [0.25, 0.3) is 0 Å². The van der Waals surface area contributed by atoms with Crippen molar-refractivity contribution >= 4 is 29.2 Å². The number of hydrogen-bond acceptors (Lipinski definition) is 3. The summed E-state index contributed by atoms with van der Waals surface area (Å²) >= 11 is 12.3. The summed E-state index contributed by atoms with van der Waals surface area (Å²) in [4.78, 5) is 13.5. The highest BCUT2D eigenvalue weighted by molar-refractivity contribution is 6.35. The van der Waals surface area contributed by atoms with Gasteiger partial charge in [0.1, 0.15) is 0 Å². The molecule has 0 spiro atoms. The summed E-state index contributed by atoms with van der Waals surface area (Å²) in [6.07, 6.45) is 5.65. The number of rotatable bonds is 4. The number of carbonyl (C=O) groups is 1. The van der Waals surface area contributed by atoms with E-state index in [1.807, 2.05) is 12.1 Å². The highest BCUT2D eigenvalue weighted by atomic mass is 35.5. The van der Waals surface area contributed by atoms with Crippen molar-refractivity contribution in [2.75, 3.05) is 19.6 Å². The van der Waals surface area contributed by atoms with Gasteiger partial charge in [0.05, 0.1) is 5.92 Å². The van der Waals surface area contributed by atoms with Crippen LogP contribution in [0, 0.1) is 5.92 Å². The van der Waals surface area contributed by atoms with Crippen molar-refractivity contribution in [3.8, 4) is 0 Å². The van der Waals surface area contributed by atoms with Crippen molar-refractivity contribution in [3.63, 3.8) is 0 Å². The van der Waals surface area contributed by atoms with Gasteiger partial charge >= 0.3 is 5.97 Å². The maximum Gasteiger partial charge on any atom is 0.307 e. The van der Waals surface area contributed by atoms with Gasteiger partial charge in [-0.05, 0) is 49.9 Å². The number of benzene rings is 1. The molecule has 136 valence electrons. The summed E-state index contributed by atoms with van der Waals surface area (Å²) in [5, 5.41) is 10.5. The average molecular weight is 383 g/mol. The lowest BCUT2D eigenvalue weighted by Gasteiger charge is -2.35. The fourth-order valence-corrected chi connectivity index (χ4v) is 4.52. The highest BCUT2D eigenvalue weighted by Gasteiger charge is 2.29. The maximum atomic E-state index is 11.2. The Morgan fingerprint density at radius 1 is 1.36 bits per heavy atom. The number of piperidine rings is 1. The Balaban J connectivity index is 1.64. The van der Waals surface area contributed by atoms with E-state index in [0.717, 1.165) is 44.3 Å². The third-order valence-electron chi connectivity index (χ3n) is 5.32. The SMILES string of the molecule is N[C@H]1CC(CN2CCC[C@H](C(=O)O)C2)=CC[C@@H]1c1ccc(Cl)cc1Cl. The standard InChI is InChI=1S/C19H24Cl2N2O2/c20-14-4-6-15(17(21)9-14)16-5-3-12(8-18(16)22)10-23-7-1-2-13(11-23)19(24)25/h3-4,6,9,13,16,18H,1-2,5,7-8,10-11,22H2,(H,24,25)/t13-,16+,18-/m0/s1. The van der Waals surface area contributed by atoms with Gasteiger partial charge in [-0.3, -0.25) is 9.69 Å². The number of nitrogens with zero attached hydrogens (tertiary/aromatic N) is 1. The Bertz CT molecular complexity index is 677. The van der Waals surface area contributed by atoms with Gasteiger partial charge in [-0.25, -0.2) is 0 Å². The Hall–Kier alpha value is -1.07. The first-order chi connectivity index (χ1) is 11.9. The lowest BCUT2D eigenvalue weighted by atomic mass is 9.80. The second-order valence-electron chi connectivity index (χ2n) is 7.15. The first-order valence-electron chi connectivity index (χ1n) is 8.77. The van der Waals surface area contributed by atoms with E-state index in [1.54, 1.807) is 6.07 Å². The van der Waals surface area contributed by atoms with Gasteiger partial charge in [0.15, 0.2) is 0 Å². The van der Waals surface area contributed by atoms with E-state index in [2.05, 4.69) is 11.0 Å². The third kappa shape index (κ3) is 4.56. The van der Waals surface area contributed by atoms with Crippen molar-refractivity contribution in [1.82, 2.24) is 4.90 Å². The molecule has 3 atom stereocenters. The van der Waals surface area contributed by atoms with Crippen LogP contribution in [0.2, 0.25) is 10.0 Å². The molecule has 6 heteroatoms. The fourth-order valence-electron chi connectivity index (χ4n) is 3.97. The number of likely N-dealkylation sites (tertiary alicyclic amines) is 1. The normalized spacial score (nSPS) is 27.8. The number of aliphatic carboxylic acids is 1. The van der Waals surface area contributed by atoms with Crippen LogP contribution < -0.4 is 5.73 Å². The van der Waals surface area contributed by atoms with Crippen molar-refractivity contribution in [1.29, 1.82) is 0 Å². The monoisotopic (exact) mass is 382 g/mol. The molecule has 1 aliphatic heterocycles. The van der Waals surface area contributed by atoms with Crippen LogP contribution in [0.5, 0.6) is 0 Å². The average Bonchev–Trinajstić information content (AvgIpc) is 2.56. The van der Waals surface area contributed by atoms with Crippen LogP contribution in [0.4, 0.5) is 0 Å². The molecule has 0 unspecified atom stereocenters. The molecule has 0 aromatic heterocycles. The van der Waals surface area contributed by atoms with Crippen LogP contribution in [0.3, 0.4) is 0 Å².